The summed E-state index contributed by atoms with van der Waals surface area (Å²) in [4.78, 5) is 22.7. The monoisotopic (exact) mass is 313 g/mol. The van der Waals surface area contributed by atoms with Gasteiger partial charge < -0.3 is 14.8 Å². The van der Waals surface area contributed by atoms with Crippen LogP contribution in [0, 0.1) is 5.92 Å². The van der Waals surface area contributed by atoms with Gasteiger partial charge in [0.05, 0.1) is 11.7 Å². The molecule has 0 fully saturated rings. The predicted octanol–water partition coefficient (Wildman–Crippen LogP) is 3.15. The van der Waals surface area contributed by atoms with E-state index in [2.05, 4.69) is 5.32 Å². The van der Waals surface area contributed by atoms with Crippen molar-refractivity contribution in [2.75, 3.05) is 6.26 Å². The molecule has 0 spiro atoms. The lowest BCUT2D eigenvalue weighted by Crippen LogP contribution is -2.32. The number of hydrogen-bond donors (Lipinski definition) is 2. The fourth-order valence-corrected chi connectivity index (χ4v) is 2.38. The third-order valence-corrected chi connectivity index (χ3v) is 3.82. The molecule has 6 heteroatoms. The Hall–Kier alpha value is -1.43. The number of amides is 1. The Morgan fingerprint density at radius 1 is 1.33 bits per heavy atom. The van der Waals surface area contributed by atoms with Gasteiger partial charge in [0, 0.05) is 6.04 Å². The summed E-state index contributed by atoms with van der Waals surface area (Å²) in [6, 6.07) is 3.48. The first-order valence-electron chi connectivity index (χ1n) is 7.05. The molecule has 0 saturated carbocycles. The van der Waals surface area contributed by atoms with Crippen LogP contribution >= 0.6 is 11.8 Å². The van der Waals surface area contributed by atoms with Crippen LogP contribution in [0.2, 0.25) is 0 Å². The van der Waals surface area contributed by atoms with Crippen LogP contribution in [-0.2, 0) is 10.5 Å². The number of carbonyl (C=O) groups excluding carboxylic acids is 1. The second kappa shape index (κ2) is 8.77. The van der Waals surface area contributed by atoms with Crippen molar-refractivity contribution in [1.82, 2.24) is 5.32 Å². The molecule has 2 N–H and O–H groups in total. The normalized spacial score (nSPS) is 13.7. The van der Waals surface area contributed by atoms with E-state index in [1.807, 2.05) is 19.2 Å². The molecule has 1 aromatic rings. The lowest BCUT2D eigenvalue weighted by atomic mass is 10.0. The number of furan rings is 1. The van der Waals surface area contributed by atoms with Crippen molar-refractivity contribution < 1.29 is 19.1 Å². The second-order valence-electron chi connectivity index (χ2n) is 5.24. The van der Waals surface area contributed by atoms with Gasteiger partial charge in [-0.25, -0.2) is 0 Å². The summed E-state index contributed by atoms with van der Waals surface area (Å²) in [5.41, 5.74) is 0. The van der Waals surface area contributed by atoms with Gasteiger partial charge in [-0.2, -0.15) is 11.8 Å². The molecule has 0 aliphatic heterocycles. The molecule has 0 aliphatic carbocycles. The molecule has 0 aliphatic rings. The smallest absolute Gasteiger partial charge is 0.306 e. The number of rotatable bonds is 9. The molecule has 5 nitrogen and oxygen atoms in total. The fraction of sp³-hybridized carbons (Fsp3) is 0.600. The molecule has 1 rings (SSSR count). The van der Waals surface area contributed by atoms with Crippen LogP contribution in [-0.4, -0.2) is 29.3 Å². The lowest BCUT2D eigenvalue weighted by molar-refractivity contribution is -0.141. The number of nitrogens with one attached hydrogen (secondary N) is 1. The van der Waals surface area contributed by atoms with Crippen LogP contribution in [0.4, 0.5) is 0 Å². The van der Waals surface area contributed by atoms with Gasteiger partial charge in [0.25, 0.3) is 5.91 Å². The quantitative estimate of drug-likeness (QED) is 0.732. The van der Waals surface area contributed by atoms with Crippen molar-refractivity contribution >= 4 is 23.6 Å². The van der Waals surface area contributed by atoms with Crippen molar-refractivity contribution in [1.29, 1.82) is 0 Å². The first kappa shape index (κ1) is 17.6. The molecule has 0 bridgehead atoms. The highest BCUT2D eigenvalue weighted by molar-refractivity contribution is 7.97. The molecule has 0 saturated heterocycles. The van der Waals surface area contributed by atoms with Gasteiger partial charge in [0.1, 0.15) is 5.76 Å². The summed E-state index contributed by atoms with van der Waals surface area (Å²) >= 11 is 1.64. The molecule has 118 valence electrons. The van der Waals surface area contributed by atoms with Crippen LogP contribution in [0.1, 0.15) is 49.4 Å². The van der Waals surface area contributed by atoms with Gasteiger partial charge in [-0.15, -0.1) is 0 Å². The largest absolute Gasteiger partial charge is 0.481 e. The zero-order valence-corrected chi connectivity index (χ0v) is 13.5. The molecule has 0 aromatic carbocycles. The highest BCUT2D eigenvalue weighted by atomic mass is 32.2. The molecular formula is C15H23NO4S. The minimum absolute atomic E-state index is 0.00686. The summed E-state index contributed by atoms with van der Waals surface area (Å²) in [7, 11) is 0. The summed E-state index contributed by atoms with van der Waals surface area (Å²) in [5.74, 6) is 0.521. The highest BCUT2D eigenvalue weighted by Crippen LogP contribution is 2.14. The van der Waals surface area contributed by atoms with Gasteiger partial charge in [0.15, 0.2) is 5.76 Å². The van der Waals surface area contributed by atoms with E-state index in [-0.39, 0.29) is 17.9 Å². The number of carbonyl (C=O) groups is 2. The molecule has 0 radical (unpaired) electrons. The second-order valence-corrected chi connectivity index (χ2v) is 6.11. The average molecular weight is 313 g/mol. The average Bonchev–Trinajstić information content (AvgIpc) is 2.87. The molecule has 1 heterocycles. The summed E-state index contributed by atoms with van der Waals surface area (Å²) in [6.45, 7) is 3.61. The van der Waals surface area contributed by atoms with Gasteiger partial charge in [-0.1, -0.05) is 13.3 Å². The van der Waals surface area contributed by atoms with Crippen LogP contribution in [0.5, 0.6) is 0 Å². The highest BCUT2D eigenvalue weighted by Gasteiger charge is 2.15. The minimum Gasteiger partial charge on any atom is -0.481 e. The molecule has 1 amide bonds. The Labute approximate surface area is 129 Å². The van der Waals surface area contributed by atoms with Crippen molar-refractivity contribution in [2.24, 2.45) is 5.92 Å². The Bertz CT molecular complexity index is 472. The van der Waals surface area contributed by atoms with E-state index in [4.69, 9.17) is 9.52 Å². The van der Waals surface area contributed by atoms with Crippen LogP contribution in [0.3, 0.4) is 0 Å². The van der Waals surface area contributed by atoms with Crippen LogP contribution < -0.4 is 5.32 Å². The molecule has 2 unspecified atom stereocenters. The fourth-order valence-electron chi connectivity index (χ4n) is 1.94. The third-order valence-electron chi connectivity index (χ3n) is 3.25. The molecule has 2 atom stereocenters. The van der Waals surface area contributed by atoms with E-state index in [1.165, 1.54) is 0 Å². The Balaban J connectivity index is 2.34. The zero-order valence-electron chi connectivity index (χ0n) is 12.7. The van der Waals surface area contributed by atoms with Crippen LogP contribution in [0.15, 0.2) is 16.5 Å². The zero-order chi connectivity index (χ0) is 15.8. The van der Waals surface area contributed by atoms with E-state index in [1.54, 1.807) is 24.8 Å². The Morgan fingerprint density at radius 2 is 2.05 bits per heavy atom. The van der Waals surface area contributed by atoms with Crippen molar-refractivity contribution in [2.45, 2.75) is 44.9 Å². The molecular weight excluding hydrogens is 290 g/mol. The Morgan fingerprint density at radius 3 is 2.67 bits per heavy atom. The summed E-state index contributed by atoms with van der Waals surface area (Å²) in [6.07, 6.45) is 4.11. The van der Waals surface area contributed by atoms with Gasteiger partial charge in [-0.05, 0) is 38.2 Å². The number of carboxylic acid groups (broad SMARTS) is 1. The number of carboxylic acids is 1. The summed E-state index contributed by atoms with van der Waals surface area (Å²) in [5, 5.41) is 11.7. The van der Waals surface area contributed by atoms with E-state index in [0.717, 1.165) is 24.4 Å². The van der Waals surface area contributed by atoms with Gasteiger partial charge in [0.2, 0.25) is 0 Å². The number of thioether (sulfide) groups is 1. The topological polar surface area (TPSA) is 79.5 Å². The standard InChI is InChI=1S/C15H23NO4S/c1-10(15(18)19)5-4-6-11(2)16-14(17)13-8-7-12(20-13)9-21-3/h7-8,10-11H,4-6,9H2,1-3H3,(H,16,17)(H,18,19). The maximum Gasteiger partial charge on any atom is 0.306 e. The van der Waals surface area contributed by atoms with E-state index in [9.17, 15) is 9.59 Å². The summed E-state index contributed by atoms with van der Waals surface area (Å²) < 4.78 is 5.45. The minimum atomic E-state index is -0.774. The van der Waals surface area contributed by atoms with Crippen molar-refractivity contribution in [3.05, 3.63) is 23.7 Å². The van der Waals surface area contributed by atoms with Crippen LogP contribution in [0.25, 0.3) is 0 Å². The van der Waals surface area contributed by atoms with Gasteiger partial charge in [-0.3, -0.25) is 9.59 Å². The van der Waals surface area contributed by atoms with Gasteiger partial charge >= 0.3 is 5.97 Å². The molecule has 21 heavy (non-hydrogen) atoms. The first-order valence-corrected chi connectivity index (χ1v) is 8.44. The Kier molecular flexibility index (Phi) is 7.36. The van der Waals surface area contributed by atoms with Crippen molar-refractivity contribution in [3.8, 4) is 0 Å². The molecule has 1 aromatic heterocycles. The maximum atomic E-state index is 12.0. The third kappa shape index (κ3) is 6.25. The maximum absolute atomic E-state index is 12.0. The number of aliphatic carboxylic acids is 1. The van der Waals surface area contributed by atoms with E-state index in [0.29, 0.717) is 12.2 Å². The first-order chi connectivity index (χ1) is 9.93. The number of hydrogen-bond acceptors (Lipinski definition) is 4. The van der Waals surface area contributed by atoms with E-state index < -0.39 is 5.97 Å². The van der Waals surface area contributed by atoms with E-state index >= 15 is 0 Å². The SMILES string of the molecule is CSCc1ccc(C(=O)NC(C)CCCC(C)C(=O)O)o1. The predicted molar refractivity (Wildman–Crippen MR) is 83.5 cm³/mol. The van der Waals surface area contributed by atoms with Crippen molar-refractivity contribution in [3.63, 3.8) is 0 Å². The lowest BCUT2D eigenvalue weighted by Gasteiger charge is -2.13.